The predicted molar refractivity (Wildman–Crippen MR) is 114 cm³/mol. The highest BCUT2D eigenvalue weighted by Crippen LogP contribution is 2.19. The van der Waals surface area contributed by atoms with Crippen LogP contribution in [0.5, 0.6) is 0 Å². The molecule has 7 nitrogen and oxygen atoms in total. The van der Waals surface area contributed by atoms with E-state index in [1.165, 1.54) is 0 Å². The lowest BCUT2D eigenvalue weighted by Crippen LogP contribution is -2.58. The van der Waals surface area contributed by atoms with Crippen molar-refractivity contribution in [3.05, 3.63) is 0 Å². The highest BCUT2D eigenvalue weighted by Gasteiger charge is 2.32. The van der Waals surface area contributed by atoms with E-state index < -0.39 is 0 Å². The van der Waals surface area contributed by atoms with Gasteiger partial charge in [0, 0.05) is 5.41 Å². The number of nitrogens with one attached hydrogen (secondary N) is 1. The van der Waals surface area contributed by atoms with Crippen LogP contribution in [0.1, 0.15) is 33.6 Å². The van der Waals surface area contributed by atoms with Gasteiger partial charge in [-0.05, 0) is 6.42 Å². The Morgan fingerprint density at radius 3 is 1.96 bits per heavy atom. The first kappa shape index (κ1) is 27.0. The van der Waals surface area contributed by atoms with Crippen molar-refractivity contribution in [2.24, 2.45) is 5.41 Å². The van der Waals surface area contributed by atoms with E-state index in [1.807, 2.05) is 34.9 Å². The maximum Gasteiger partial charge on any atom is 0.229 e. The summed E-state index contributed by atoms with van der Waals surface area (Å²) in [7, 11) is 14.4. The second-order valence-electron chi connectivity index (χ2n) is 11.1. The third-order valence-corrected chi connectivity index (χ3v) is 5.78. The molecule has 0 fully saturated rings. The van der Waals surface area contributed by atoms with Gasteiger partial charge in [-0.2, -0.15) is 0 Å². The van der Waals surface area contributed by atoms with E-state index in [1.54, 1.807) is 0 Å². The summed E-state index contributed by atoms with van der Waals surface area (Å²) in [5.41, 5.74) is -0.389. The van der Waals surface area contributed by atoms with Gasteiger partial charge in [0.2, 0.25) is 5.91 Å². The van der Waals surface area contributed by atoms with Gasteiger partial charge in [-0.3, -0.25) is 9.59 Å². The SMILES string of the molecule is CCC(C)(C)C(=O)NC[N+](C)(C)CC(=O)CC[N+](C)(C)CC(CO)[N+](C)(C)C. The van der Waals surface area contributed by atoms with Crippen molar-refractivity contribution in [1.29, 1.82) is 0 Å². The number of hydrogen-bond acceptors (Lipinski definition) is 3. The zero-order chi connectivity index (χ0) is 22.4. The molecule has 1 unspecified atom stereocenters. The molecule has 0 aromatic heterocycles. The van der Waals surface area contributed by atoms with Gasteiger partial charge >= 0.3 is 0 Å². The molecule has 0 aliphatic heterocycles. The van der Waals surface area contributed by atoms with Crippen LogP contribution in [0.2, 0.25) is 0 Å². The van der Waals surface area contributed by atoms with Crippen LogP contribution in [0.3, 0.4) is 0 Å². The summed E-state index contributed by atoms with van der Waals surface area (Å²) < 4.78 is 1.83. The standard InChI is InChI=1S/C21H46N4O3/c1-11-21(2,3)20(28)22-17-25(9,10)15-19(27)12-13-24(7,8)14-18(16-26)23(4,5)6/h18,26H,11-17H2,1-10H3/q+2/p+1. The van der Waals surface area contributed by atoms with Crippen molar-refractivity contribution in [1.82, 2.24) is 5.32 Å². The van der Waals surface area contributed by atoms with Crippen molar-refractivity contribution < 1.29 is 28.1 Å². The van der Waals surface area contributed by atoms with Crippen LogP contribution in [0.15, 0.2) is 0 Å². The minimum absolute atomic E-state index is 0.0294. The fraction of sp³-hybridized carbons (Fsp3) is 0.905. The zero-order valence-electron chi connectivity index (χ0n) is 20.1. The van der Waals surface area contributed by atoms with Gasteiger partial charge in [0.05, 0.1) is 62.3 Å². The minimum atomic E-state index is -0.389. The van der Waals surface area contributed by atoms with Gasteiger partial charge in [-0.1, -0.05) is 20.8 Å². The lowest BCUT2D eigenvalue weighted by atomic mass is 9.89. The van der Waals surface area contributed by atoms with Crippen LogP contribution < -0.4 is 5.32 Å². The molecule has 0 spiro atoms. The number of aliphatic hydroxyl groups is 1. The number of rotatable bonds is 13. The summed E-state index contributed by atoms with van der Waals surface area (Å²) >= 11 is 0. The summed E-state index contributed by atoms with van der Waals surface area (Å²) in [6.07, 6.45) is 1.28. The van der Waals surface area contributed by atoms with Crippen LogP contribution in [0.25, 0.3) is 0 Å². The smallest absolute Gasteiger partial charge is 0.229 e. The number of aliphatic hydroxyl groups excluding tert-OH is 1. The summed E-state index contributed by atoms with van der Waals surface area (Å²) in [4.78, 5) is 24.8. The Balaban J connectivity index is 4.61. The summed E-state index contributed by atoms with van der Waals surface area (Å²) in [6.45, 7) is 8.40. The molecule has 1 atom stereocenters. The molecule has 166 valence electrons. The molecule has 0 saturated heterocycles. The Kier molecular flexibility index (Phi) is 9.77. The molecule has 7 heteroatoms. The zero-order valence-corrected chi connectivity index (χ0v) is 20.1. The van der Waals surface area contributed by atoms with E-state index in [9.17, 15) is 14.7 Å². The van der Waals surface area contributed by atoms with E-state index in [-0.39, 0.29) is 29.8 Å². The molecule has 0 saturated carbocycles. The molecule has 0 aliphatic carbocycles. The average Bonchev–Trinajstić information content (AvgIpc) is 2.54. The number of carbonyl (C=O) groups is 2. The van der Waals surface area contributed by atoms with Crippen LogP contribution in [-0.2, 0) is 9.59 Å². The first-order valence-electron chi connectivity index (χ1n) is 10.3. The van der Waals surface area contributed by atoms with Gasteiger partial charge in [0.1, 0.15) is 19.7 Å². The molecule has 0 aliphatic rings. The average molecular weight is 404 g/mol. The van der Waals surface area contributed by atoms with E-state index in [2.05, 4.69) is 40.6 Å². The highest BCUT2D eigenvalue weighted by molar-refractivity contribution is 5.81. The third-order valence-electron chi connectivity index (χ3n) is 5.78. The topological polar surface area (TPSA) is 66.4 Å². The number of Topliss-reactive ketones (excluding diaryl/α,β-unsaturated/α-hetero) is 1. The summed E-state index contributed by atoms with van der Waals surface area (Å²) in [6, 6.07) is 0.134. The maximum absolute atomic E-state index is 12.6. The van der Waals surface area contributed by atoms with Gasteiger partial charge in [0.25, 0.3) is 0 Å². The molecule has 0 rings (SSSR count). The number of nitrogens with zero attached hydrogens (tertiary/aromatic N) is 3. The fourth-order valence-corrected chi connectivity index (χ4v) is 2.93. The van der Waals surface area contributed by atoms with Crippen molar-refractivity contribution in [3.63, 3.8) is 0 Å². The van der Waals surface area contributed by atoms with E-state index in [4.69, 9.17) is 0 Å². The van der Waals surface area contributed by atoms with Gasteiger partial charge in [-0.15, -0.1) is 0 Å². The maximum atomic E-state index is 12.6. The van der Waals surface area contributed by atoms with Crippen LogP contribution in [0, 0.1) is 5.41 Å². The fourth-order valence-electron chi connectivity index (χ4n) is 2.93. The van der Waals surface area contributed by atoms with Crippen LogP contribution in [-0.4, -0.2) is 119 Å². The molecule has 2 N–H and O–H groups in total. The van der Waals surface area contributed by atoms with Crippen molar-refractivity contribution in [2.75, 3.05) is 82.2 Å². The normalized spacial score (nSPS) is 14.7. The number of quaternary nitrogens is 3. The quantitative estimate of drug-likeness (QED) is 0.351. The third kappa shape index (κ3) is 9.96. The Morgan fingerprint density at radius 2 is 1.54 bits per heavy atom. The number of carbonyl (C=O) groups excluding carboxylic acids is 2. The number of likely N-dealkylation sites (N-methyl/N-ethyl adjacent to an activating group) is 3. The largest absolute Gasteiger partial charge is 0.390 e. The molecule has 0 radical (unpaired) electrons. The van der Waals surface area contributed by atoms with Gasteiger partial charge in [-0.25, -0.2) is 0 Å². The van der Waals surface area contributed by atoms with Gasteiger partial charge < -0.3 is 23.9 Å². The number of hydrogen-bond donors (Lipinski definition) is 2. The van der Waals surface area contributed by atoms with Crippen molar-refractivity contribution in [2.45, 2.75) is 39.7 Å². The predicted octanol–water partition coefficient (Wildman–Crippen LogP) is 0.675. The molecule has 28 heavy (non-hydrogen) atoms. The molecule has 0 bridgehead atoms. The number of amides is 1. The molecule has 0 aromatic carbocycles. The number of ketones is 1. The first-order chi connectivity index (χ1) is 12.5. The Morgan fingerprint density at radius 1 is 1.00 bits per heavy atom. The first-order valence-corrected chi connectivity index (χ1v) is 10.3. The summed E-state index contributed by atoms with van der Waals surface area (Å²) in [5, 5.41) is 12.7. The molecule has 0 aromatic rings. The molecular formula is C21H47N4O3+3. The van der Waals surface area contributed by atoms with E-state index in [0.717, 1.165) is 19.5 Å². The van der Waals surface area contributed by atoms with Crippen molar-refractivity contribution >= 4 is 11.7 Å². The second-order valence-corrected chi connectivity index (χ2v) is 11.1. The molecule has 0 heterocycles. The Labute approximate surface area is 173 Å². The molecule has 1 amide bonds. The summed E-state index contributed by atoms with van der Waals surface area (Å²) in [5.74, 6) is 0.229. The second kappa shape index (κ2) is 10.1. The Bertz CT molecular complexity index is 522. The van der Waals surface area contributed by atoms with Crippen LogP contribution in [0.4, 0.5) is 0 Å². The highest BCUT2D eigenvalue weighted by atomic mass is 16.3. The van der Waals surface area contributed by atoms with E-state index >= 15 is 0 Å². The lowest BCUT2D eigenvalue weighted by molar-refractivity contribution is -0.955. The monoisotopic (exact) mass is 403 g/mol. The van der Waals surface area contributed by atoms with E-state index in [0.29, 0.717) is 33.1 Å². The minimum Gasteiger partial charge on any atom is -0.390 e. The van der Waals surface area contributed by atoms with Gasteiger partial charge in [0.15, 0.2) is 18.5 Å². The van der Waals surface area contributed by atoms with Crippen LogP contribution >= 0.6 is 0 Å². The molecular weight excluding hydrogens is 356 g/mol. The lowest BCUT2D eigenvalue weighted by Gasteiger charge is -2.39. The Hall–Kier alpha value is -1.02. The van der Waals surface area contributed by atoms with Crippen molar-refractivity contribution in [3.8, 4) is 0 Å².